The van der Waals surface area contributed by atoms with E-state index < -0.39 is 14.8 Å². The number of benzene rings is 1. The third kappa shape index (κ3) is 6.08. The van der Waals surface area contributed by atoms with Crippen molar-refractivity contribution in [2.75, 3.05) is 50.0 Å². The minimum Gasteiger partial charge on any atom is -0.385 e. The highest BCUT2D eigenvalue weighted by Gasteiger charge is 2.32. The van der Waals surface area contributed by atoms with Gasteiger partial charge in [-0.25, -0.2) is 17.5 Å². The van der Waals surface area contributed by atoms with Gasteiger partial charge in [-0.05, 0) is 77.6 Å². The largest absolute Gasteiger partial charge is 0.385 e. The normalized spacial score (nSPS) is 24.1. The SMILES string of the molecule is CN1CCN(c2cc(F)cc(NCC3CCC(NS(=O)(=O)C(C)(C)C)CC3)c2)CC1. The van der Waals surface area contributed by atoms with E-state index in [1.807, 2.05) is 6.07 Å². The molecule has 6 nitrogen and oxygen atoms in total. The summed E-state index contributed by atoms with van der Waals surface area (Å²) >= 11 is 0. The molecular formula is C22H37FN4O2S. The Labute approximate surface area is 181 Å². The molecule has 2 aliphatic rings. The monoisotopic (exact) mass is 440 g/mol. The molecule has 1 saturated heterocycles. The number of rotatable bonds is 6. The number of anilines is 2. The second kappa shape index (κ2) is 9.40. The van der Waals surface area contributed by atoms with E-state index in [1.165, 1.54) is 0 Å². The van der Waals surface area contributed by atoms with Crippen LogP contribution in [-0.4, -0.2) is 63.9 Å². The standard InChI is InChI=1S/C22H37FN4O2S/c1-22(2,3)30(28,29)25-19-7-5-17(6-8-19)16-24-20-13-18(23)14-21(15-20)27-11-9-26(4)10-12-27/h13-15,17,19,24-25H,5-12,16H2,1-4H3. The molecule has 0 amide bonds. The summed E-state index contributed by atoms with van der Waals surface area (Å²) in [5.74, 6) is 0.255. The fourth-order valence-electron chi connectivity index (χ4n) is 4.07. The summed E-state index contributed by atoms with van der Waals surface area (Å²) in [5.41, 5.74) is 1.75. The first-order valence-electron chi connectivity index (χ1n) is 11.0. The minimum absolute atomic E-state index is 0.0171. The van der Waals surface area contributed by atoms with Crippen molar-refractivity contribution in [2.45, 2.75) is 57.2 Å². The van der Waals surface area contributed by atoms with Crippen molar-refractivity contribution < 1.29 is 12.8 Å². The highest BCUT2D eigenvalue weighted by Crippen LogP contribution is 2.28. The van der Waals surface area contributed by atoms with Gasteiger partial charge in [-0.15, -0.1) is 0 Å². The third-order valence-corrected chi connectivity index (χ3v) is 8.58. The van der Waals surface area contributed by atoms with Gasteiger partial charge in [-0.3, -0.25) is 0 Å². The summed E-state index contributed by atoms with van der Waals surface area (Å²) < 4.78 is 41.0. The van der Waals surface area contributed by atoms with Gasteiger partial charge >= 0.3 is 0 Å². The topological polar surface area (TPSA) is 64.7 Å². The van der Waals surface area contributed by atoms with Gasteiger partial charge < -0.3 is 15.1 Å². The van der Waals surface area contributed by atoms with Gasteiger partial charge in [-0.2, -0.15) is 0 Å². The van der Waals surface area contributed by atoms with Gasteiger partial charge in [0.25, 0.3) is 0 Å². The van der Waals surface area contributed by atoms with Crippen molar-refractivity contribution in [2.24, 2.45) is 5.92 Å². The molecule has 1 aromatic rings. The predicted molar refractivity (Wildman–Crippen MR) is 122 cm³/mol. The van der Waals surface area contributed by atoms with Crippen LogP contribution in [0.3, 0.4) is 0 Å². The number of piperazine rings is 1. The van der Waals surface area contributed by atoms with E-state index in [0.717, 1.165) is 69.8 Å². The lowest BCUT2D eigenvalue weighted by Crippen LogP contribution is -2.46. The number of halogens is 1. The summed E-state index contributed by atoms with van der Waals surface area (Å²) in [6.07, 6.45) is 3.62. The van der Waals surface area contributed by atoms with Crippen molar-refractivity contribution in [3.63, 3.8) is 0 Å². The molecule has 0 radical (unpaired) electrons. The van der Waals surface area contributed by atoms with Crippen molar-refractivity contribution >= 4 is 21.4 Å². The third-order valence-electron chi connectivity index (χ3n) is 6.32. The Bertz CT molecular complexity index is 809. The van der Waals surface area contributed by atoms with Crippen molar-refractivity contribution in [3.05, 3.63) is 24.0 Å². The zero-order valence-electron chi connectivity index (χ0n) is 18.7. The highest BCUT2D eigenvalue weighted by atomic mass is 32.2. The van der Waals surface area contributed by atoms with E-state index in [0.29, 0.717) is 5.92 Å². The summed E-state index contributed by atoms with van der Waals surface area (Å²) in [6, 6.07) is 5.23. The molecule has 30 heavy (non-hydrogen) atoms. The summed E-state index contributed by atoms with van der Waals surface area (Å²) in [4.78, 5) is 4.52. The maximum absolute atomic E-state index is 14.2. The fraction of sp³-hybridized carbons (Fsp3) is 0.727. The molecule has 1 heterocycles. The molecule has 1 aromatic carbocycles. The van der Waals surface area contributed by atoms with E-state index in [2.05, 4.69) is 26.9 Å². The Kier molecular flexibility index (Phi) is 7.30. The number of hydrogen-bond acceptors (Lipinski definition) is 5. The number of sulfonamides is 1. The molecule has 0 spiro atoms. The van der Waals surface area contributed by atoms with Gasteiger partial charge in [0.05, 0.1) is 4.75 Å². The maximum atomic E-state index is 14.2. The Morgan fingerprint density at radius 1 is 1.03 bits per heavy atom. The molecule has 0 atom stereocenters. The van der Waals surface area contributed by atoms with Gasteiger partial charge in [0.15, 0.2) is 0 Å². The lowest BCUT2D eigenvalue weighted by molar-refractivity contribution is 0.312. The average Bonchev–Trinajstić information content (AvgIpc) is 2.66. The molecule has 1 saturated carbocycles. The Hall–Kier alpha value is -1.38. The van der Waals surface area contributed by atoms with E-state index >= 15 is 0 Å². The van der Waals surface area contributed by atoms with E-state index in [1.54, 1.807) is 32.9 Å². The first kappa shape index (κ1) is 23.3. The first-order chi connectivity index (χ1) is 14.0. The van der Waals surface area contributed by atoms with Crippen LogP contribution < -0.4 is 14.9 Å². The van der Waals surface area contributed by atoms with Crippen LogP contribution in [0.4, 0.5) is 15.8 Å². The second-order valence-electron chi connectivity index (χ2n) is 9.82. The summed E-state index contributed by atoms with van der Waals surface area (Å²) in [5, 5.41) is 3.42. The Morgan fingerprint density at radius 3 is 2.27 bits per heavy atom. The molecular weight excluding hydrogens is 403 g/mol. The molecule has 2 fully saturated rings. The van der Waals surface area contributed by atoms with Crippen LogP contribution in [0.25, 0.3) is 0 Å². The second-order valence-corrected chi connectivity index (χ2v) is 12.3. The zero-order chi connectivity index (χ0) is 21.9. The first-order valence-corrected chi connectivity index (χ1v) is 12.5. The van der Waals surface area contributed by atoms with E-state index in [9.17, 15) is 12.8 Å². The summed E-state index contributed by atoms with van der Waals surface area (Å²) in [7, 11) is -1.20. The van der Waals surface area contributed by atoms with Crippen LogP contribution in [0, 0.1) is 11.7 Å². The van der Waals surface area contributed by atoms with E-state index in [4.69, 9.17) is 0 Å². The minimum atomic E-state index is -3.31. The molecule has 2 N–H and O–H groups in total. The fourth-order valence-corrected chi connectivity index (χ4v) is 5.09. The van der Waals surface area contributed by atoms with Crippen LogP contribution in [0.2, 0.25) is 0 Å². The molecule has 1 aliphatic heterocycles. The van der Waals surface area contributed by atoms with Gasteiger partial charge in [0.1, 0.15) is 5.82 Å². The average molecular weight is 441 g/mol. The lowest BCUT2D eigenvalue weighted by atomic mass is 9.86. The van der Waals surface area contributed by atoms with Gasteiger partial charge in [0, 0.05) is 50.1 Å². The molecule has 0 unspecified atom stereocenters. The maximum Gasteiger partial charge on any atom is 0.216 e. The van der Waals surface area contributed by atoms with Crippen LogP contribution in [0.5, 0.6) is 0 Å². The molecule has 8 heteroatoms. The van der Waals surface area contributed by atoms with Crippen molar-refractivity contribution in [1.29, 1.82) is 0 Å². The quantitative estimate of drug-likeness (QED) is 0.711. The summed E-state index contributed by atoms with van der Waals surface area (Å²) in [6.45, 7) is 9.75. The predicted octanol–water partition coefficient (Wildman–Crippen LogP) is 3.27. The number of hydrogen-bond donors (Lipinski definition) is 2. The number of nitrogens with zero attached hydrogens (tertiary/aromatic N) is 2. The Morgan fingerprint density at radius 2 is 1.67 bits per heavy atom. The number of nitrogens with one attached hydrogen (secondary N) is 2. The van der Waals surface area contributed by atoms with E-state index in [-0.39, 0.29) is 11.9 Å². The molecule has 170 valence electrons. The highest BCUT2D eigenvalue weighted by molar-refractivity contribution is 7.90. The molecule has 3 rings (SSSR count). The molecule has 0 bridgehead atoms. The van der Waals surface area contributed by atoms with Crippen molar-refractivity contribution in [3.8, 4) is 0 Å². The van der Waals surface area contributed by atoms with Crippen LogP contribution in [0.1, 0.15) is 46.5 Å². The Balaban J connectivity index is 1.50. The van der Waals surface area contributed by atoms with Crippen molar-refractivity contribution in [1.82, 2.24) is 9.62 Å². The van der Waals surface area contributed by atoms with Crippen LogP contribution >= 0.6 is 0 Å². The van der Waals surface area contributed by atoms with Crippen LogP contribution in [-0.2, 0) is 10.0 Å². The zero-order valence-corrected chi connectivity index (χ0v) is 19.6. The van der Waals surface area contributed by atoms with Gasteiger partial charge in [0.2, 0.25) is 10.0 Å². The smallest absolute Gasteiger partial charge is 0.216 e. The molecule has 0 aromatic heterocycles. The van der Waals surface area contributed by atoms with Crippen LogP contribution in [0.15, 0.2) is 18.2 Å². The molecule has 1 aliphatic carbocycles. The van der Waals surface area contributed by atoms with Gasteiger partial charge in [-0.1, -0.05) is 0 Å². The number of likely N-dealkylation sites (N-methyl/N-ethyl adjacent to an activating group) is 1. The lowest BCUT2D eigenvalue weighted by Gasteiger charge is -2.34.